The molecule has 0 bridgehead atoms. The molecule has 1 aromatic rings. The molecule has 21 heavy (non-hydrogen) atoms. The third-order valence-electron chi connectivity index (χ3n) is 3.48. The molecule has 1 fully saturated rings. The summed E-state index contributed by atoms with van der Waals surface area (Å²) in [6.07, 6.45) is -0.255. The number of aryl methyl sites for hydroxylation is 1. The maximum atomic E-state index is 14.1. The number of hydrogen-bond acceptors (Lipinski definition) is 4. The van der Waals surface area contributed by atoms with Gasteiger partial charge in [0.1, 0.15) is 10.7 Å². The molecule has 1 aliphatic rings. The SMILES string of the molecule is Cc1cc(F)c(S(=O)(=O)N2CC(C)OC(C)(C)C2)cc1N. The first-order valence-corrected chi connectivity index (χ1v) is 8.20. The molecule has 0 amide bonds. The first-order chi connectivity index (χ1) is 9.53. The van der Waals surface area contributed by atoms with Crippen LogP contribution >= 0.6 is 0 Å². The lowest BCUT2D eigenvalue weighted by molar-refractivity contribution is -0.109. The Balaban J connectivity index is 2.45. The highest BCUT2D eigenvalue weighted by Crippen LogP contribution is 2.29. The normalized spacial score (nSPS) is 23.2. The third kappa shape index (κ3) is 3.20. The van der Waals surface area contributed by atoms with Crippen molar-refractivity contribution in [2.45, 2.75) is 44.3 Å². The summed E-state index contributed by atoms with van der Waals surface area (Å²) in [5.41, 5.74) is 5.88. The van der Waals surface area contributed by atoms with Crippen molar-refractivity contribution in [3.8, 4) is 0 Å². The summed E-state index contributed by atoms with van der Waals surface area (Å²) < 4.78 is 46.4. The van der Waals surface area contributed by atoms with Crippen molar-refractivity contribution < 1.29 is 17.5 Å². The van der Waals surface area contributed by atoms with E-state index in [1.165, 1.54) is 10.4 Å². The molecule has 0 aromatic heterocycles. The second-order valence-electron chi connectivity index (χ2n) is 6.12. The van der Waals surface area contributed by atoms with Gasteiger partial charge in [-0.15, -0.1) is 0 Å². The molecule has 0 radical (unpaired) electrons. The van der Waals surface area contributed by atoms with Crippen molar-refractivity contribution in [1.82, 2.24) is 4.31 Å². The Bertz CT molecular complexity index is 658. The predicted molar refractivity (Wildman–Crippen MR) is 78.9 cm³/mol. The Morgan fingerprint density at radius 3 is 2.62 bits per heavy atom. The van der Waals surface area contributed by atoms with Gasteiger partial charge >= 0.3 is 0 Å². The number of morpholine rings is 1. The van der Waals surface area contributed by atoms with Gasteiger partial charge in [-0.05, 0) is 45.4 Å². The molecule has 2 N–H and O–H groups in total. The van der Waals surface area contributed by atoms with Crippen LogP contribution in [0.3, 0.4) is 0 Å². The minimum atomic E-state index is -3.94. The van der Waals surface area contributed by atoms with Crippen LogP contribution in [0.5, 0.6) is 0 Å². The Kier molecular flexibility index (Phi) is 4.03. The Morgan fingerprint density at radius 2 is 2.05 bits per heavy atom. The summed E-state index contributed by atoms with van der Waals surface area (Å²) in [4.78, 5) is -0.379. The van der Waals surface area contributed by atoms with Crippen LogP contribution in [0.4, 0.5) is 10.1 Å². The standard InChI is InChI=1S/C14H21FN2O3S/c1-9-5-11(15)13(6-12(9)16)21(18,19)17-7-10(2)20-14(3,4)8-17/h5-6,10H,7-8,16H2,1-4H3. The minimum absolute atomic E-state index is 0.174. The average Bonchev–Trinajstić information content (AvgIpc) is 2.31. The van der Waals surface area contributed by atoms with Gasteiger partial charge in [0, 0.05) is 18.8 Å². The monoisotopic (exact) mass is 316 g/mol. The second-order valence-corrected chi connectivity index (χ2v) is 8.03. The fourth-order valence-electron chi connectivity index (χ4n) is 2.58. The summed E-state index contributed by atoms with van der Waals surface area (Å²) in [7, 11) is -3.94. The topological polar surface area (TPSA) is 72.6 Å². The molecule has 0 spiro atoms. The fourth-order valence-corrected chi connectivity index (χ4v) is 4.33. The molecule has 2 rings (SSSR count). The highest BCUT2D eigenvalue weighted by molar-refractivity contribution is 7.89. The zero-order valence-corrected chi connectivity index (χ0v) is 13.5. The van der Waals surface area contributed by atoms with Crippen molar-refractivity contribution >= 4 is 15.7 Å². The van der Waals surface area contributed by atoms with E-state index < -0.39 is 21.4 Å². The molecule has 0 aliphatic carbocycles. The number of halogens is 1. The molecule has 1 heterocycles. The van der Waals surface area contributed by atoms with Crippen LogP contribution in [0.15, 0.2) is 17.0 Å². The number of nitrogen functional groups attached to an aromatic ring is 1. The molecule has 5 nitrogen and oxygen atoms in total. The van der Waals surface area contributed by atoms with Crippen LogP contribution < -0.4 is 5.73 Å². The van der Waals surface area contributed by atoms with Crippen molar-refractivity contribution in [3.05, 3.63) is 23.5 Å². The highest BCUT2D eigenvalue weighted by Gasteiger charge is 2.39. The number of nitrogens with two attached hydrogens (primary N) is 1. The summed E-state index contributed by atoms with van der Waals surface area (Å²) >= 11 is 0. The van der Waals surface area contributed by atoms with Crippen LogP contribution in [-0.2, 0) is 14.8 Å². The molecule has 1 atom stereocenters. The van der Waals surface area contributed by atoms with Gasteiger partial charge < -0.3 is 10.5 Å². The number of sulfonamides is 1. The van der Waals surface area contributed by atoms with E-state index in [1.807, 2.05) is 13.8 Å². The largest absolute Gasteiger partial charge is 0.398 e. The molecule has 1 aromatic carbocycles. The molecule has 118 valence electrons. The number of ether oxygens (including phenoxy) is 1. The Hall–Kier alpha value is -1.18. The van der Waals surface area contributed by atoms with E-state index >= 15 is 0 Å². The number of nitrogens with zero attached hydrogens (tertiary/aromatic N) is 1. The number of hydrogen-bond donors (Lipinski definition) is 1. The first-order valence-electron chi connectivity index (χ1n) is 6.76. The molecular formula is C14H21FN2O3S. The van der Waals surface area contributed by atoms with Crippen molar-refractivity contribution in [2.75, 3.05) is 18.8 Å². The van der Waals surface area contributed by atoms with Crippen LogP contribution in [0.2, 0.25) is 0 Å². The van der Waals surface area contributed by atoms with Gasteiger partial charge in [-0.3, -0.25) is 0 Å². The van der Waals surface area contributed by atoms with Crippen LogP contribution in [0, 0.1) is 12.7 Å². The van der Waals surface area contributed by atoms with Crippen LogP contribution in [0.1, 0.15) is 26.3 Å². The van der Waals surface area contributed by atoms with Crippen LogP contribution in [0.25, 0.3) is 0 Å². The fraction of sp³-hybridized carbons (Fsp3) is 0.571. The number of benzene rings is 1. The summed E-state index contributed by atoms with van der Waals surface area (Å²) in [5.74, 6) is -0.779. The lowest BCUT2D eigenvalue weighted by Crippen LogP contribution is -2.53. The van der Waals surface area contributed by atoms with Gasteiger partial charge in [-0.1, -0.05) is 0 Å². The maximum absolute atomic E-state index is 14.1. The Labute approximate surface area is 124 Å². The van der Waals surface area contributed by atoms with E-state index in [0.717, 1.165) is 6.07 Å². The quantitative estimate of drug-likeness (QED) is 0.846. The number of anilines is 1. The zero-order chi connectivity index (χ0) is 16.0. The van der Waals surface area contributed by atoms with E-state index in [1.54, 1.807) is 13.8 Å². The van der Waals surface area contributed by atoms with Crippen molar-refractivity contribution in [2.24, 2.45) is 0 Å². The van der Waals surface area contributed by atoms with Gasteiger partial charge in [-0.25, -0.2) is 12.8 Å². The molecule has 1 saturated heterocycles. The molecule has 1 unspecified atom stereocenters. The molecule has 0 saturated carbocycles. The highest BCUT2D eigenvalue weighted by atomic mass is 32.2. The smallest absolute Gasteiger partial charge is 0.246 e. The van der Waals surface area contributed by atoms with Gasteiger partial charge in [0.15, 0.2) is 0 Å². The van der Waals surface area contributed by atoms with E-state index in [4.69, 9.17) is 10.5 Å². The maximum Gasteiger partial charge on any atom is 0.246 e. The summed E-state index contributed by atoms with van der Waals surface area (Å²) in [5, 5.41) is 0. The average molecular weight is 316 g/mol. The van der Waals surface area contributed by atoms with E-state index in [2.05, 4.69) is 0 Å². The lowest BCUT2D eigenvalue weighted by Gasteiger charge is -2.40. The van der Waals surface area contributed by atoms with Gasteiger partial charge in [0.2, 0.25) is 10.0 Å². The van der Waals surface area contributed by atoms with Crippen molar-refractivity contribution in [1.29, 1.82) is 0 Å². The van der Waals surface area contributed by atoms with Gasteiger partial charge in [0.25, 0.3) is 0 Å². The Morgan fingerprint density at radius 1 is 1.43 bits per heavy atom. The predicted octanol–water partition coefficient (Wildman–Crippen LogP) is 1.90. The van der Waals surface area contributed by atoms with Gasteiger partial charge in [0.05, 0.1) is 11.7 Å². The number of rotatable bonds is 2. The van der Waals surface area contributed by atoms with E-state index in [-0.39, 0.29) is 29.8 Å². The van der Waals surface area contributed by atoms with Crippen molar-refractivity contribution in [3.63, 3.8) is 0 Å². The van der Waals surface area contributed by atoms with Gasteiger partial charge in [-0.2, -0.15) is 4.31 Å². The molecule has 7 heteroatoms. The second kappa shape index (κ2) is 5.23. The summed E-state index contributed by atoms with van der Waals surface area (Å²) in [6, 6.07) is 2.34. The zero-order valence-electron chi connectivity index (χ0n) is 12.7. The molecular weight excluding hydrogens is 295 g/mol. The van der Waals surface area contributed by atoms with Crippen LogP contribution in [-0.4, -0.2) is 37.5 Å². The van der Waals surface area contributed by atoms with E-state index in [0.29, 0.717) is 5.56 Å². The lowest BCUT2D eigenvalue weighted by atomic mass is 10.1. The minimum Gasteiger partial charge on any atom is -0.398 e. The molecule has 1 aliphatic heterocycles. The van der Waals surface area contributed by atoms with E-state index in [9.17, 15) is 12.8 Å². The third-order valence-corrected chi connectivity index (χ3v) is 5.30. The summed E-state index contributed by atoms with van der Waals surface area (Å²) in [6.45, 7) is 7.42. The first kappa shape index (κ1) is 16.2.